The van der Waals surface area contributed by atoms with Gasteiger partial charge in [-0.1, -0.05) is 11.6 Å². The van der Waals surface area contributed by atoms with Crippen molar-refractivity contribution in [2.75, 3.05) is 62.0 Å². The summed E-state index contributed by atoms with van der Waals surface area (Å²) in [6.07, 6.45) is 2.53. The summed E-state index contributed by atoms with van der Waals surface area (Å²) in [5.41, 5.74) is 8.52. The molecule has 35 heavy (non-hydrogen) atoms. The molecule has 0 spiro atoms. The van der Waals surface area contributed by atoms with Crippen molar-refractivity contribution in [3.63, 3.8) is 0 Å². The molecule has 12 heteroatoms. The number of carbonyl (C=O) groups is 2. The summed E-state index contributed by atoms with van der Waals surface area (Å²) in [6, 6.07) is 0. The van der Waals surface area contributed by atoms with E-state index in [2.05, 4.69) is 19.9 Å². The smallest absolute Gasteiger partial charge is 0.253 e. The highest BCUT2D eigenvalue weighted by molar-refractivity contribution is 6.35. The van der Waals surface area contributed by atoms with E-state index >= 15 is 0 Å². The van der Waals surface area contributed by atoms with Crippen molar-refractivity contribution < 1.29 is 19.1 Å². The second-order valence-corrected chi connectivity index (χ2v) is 8.99. The van der Waals surface area contributed by atoms with Crippen LogP contribution in [0.15, 0.2) is 6.20 Å². The summed E-state index contributed by atoms with van der Waals surface area (Å²) in [5, 5.41) is -0.0433. The van der Waals surface area contributed by atoms with E-state index in [1.165, 1.54) is 0 Å². The minimum atomic E-state index is -0.402. The number of amides is 2. The zero-order valence-electron chi connectivity index (χ0n) is 20.2. The zero-order chi connectivity index (χ0) is 25.1. The average molecular weight is 504 g/mol. The zero-order valence-corrected chi connectivity index (χ0v) is 21.0. The first kappa shape index (κ1) is 25.1. The van der Waals surface area contributed by atoms with Crippen molar-refractivity contribution in [3.05, 3.63) is 28.2 Å². The van der Waals surface area contributed by atoms with Crippen LogP contribution in [0.25, 0.3) is 0 Å². The van der Waals surface area contributed by atoms with Crippen LogP contribution in [0.3, 0.4) is 0 Å². The van der Waals surface area contributed by atoms with Crippen LogP contribution in [0.5, 0.6) is 5.75 Å². The lowest BCUT2D eigenvalue weighted by molar-refractivity contribution is -0.126. The lowest BCUT2D eigenvalue weighted by Gasteiger charge is -2.35. The van der Waals surface area contributed by atoms with Gasteiger partial charge < -0.3 is 20.1 Å². The second-order valence-electron chi connectivity index (χ2n) is 8.63. The molecule has 0 saturated carbocycles. The Bertz CT molecular complexity index is 1120. The first-order valence-corrected chi connectivity index (χ1v) is 11.9. The molecule has 2 N–H and O–H groups in total. The largest absolute Gasteiger partial charge is 0.496 e. The Morgan fingerprint density at radius 3 is 2.71 bits per heavy atom. The summed E-state index contributed by atoms with van der Waals surface area (Å²) in [7, 11) is 1.61. The van der Waals surface area contributed by atoms with Crippen molar-refractivity contribution in [2.45, 2.75) is 33.2 Å². The van der Waals surface area contributed by atoms with E-state index < -0.39 is 5.91 Å². The summed E-state index contributed by atoms with van der Waals surface area (Å²) >= 11 is 6.41. The molecule has 1 fully saturated rings. The number of imide groups is 1. The summed E-state index contributed by atoms with van der Waals surface area (Å²) in [5.74, 6) is 0.269. The number of rotatable bonds is 7. The van der Waals surface area contributed by atoms with E-state index in [9.17, 15) is 9.59 Å². The van der Waals surface area contributed by atoms with Gasteiger partial charge in [-0.2, -0.15) is 9.97 Å². The average Bonchev–Trinajstić information content (AvgIpc) is 2.82. The number of nitrogens with zero attached hydrogens (tertiary/aromatic N) is 6. The molecular weight excluding hydrogens is 474 g/mol. The molecule has 4 rings (SSSR count). The fourth-order valence-corrected chi connectivity index (χ4v) is 4.73. The molecule has 2 aliphatic rings. The molecule has 1 saturated heterocycles. The van der Waals surface area contributed by atoms with Gasteiger partial charge in [0.2, 0.25) is 11.9 Å². The minimum absolute atomic E-state index is 0.0426. The van der Waals surface area contributed by atoms with Gasteiger partial charge in [0.05, 0.1) is 39.1 Å². The summed E-state index contributed by atoms with van der Waals surface area (Å²) in [4.78, 5) is 44.3. The van der Waals surface area contributed by atoms with E-state index in [1.54, 1.807) is 18.2 Å². The Labute approximate surface area is 209 Å². The standard InChI is InChI=1S/C23H30ClN7O4/c1-14-11-26-16(15(2)20(14)34-3)12-30-13-18(33)31(19-21(24)27-23(25)28-22(19)30)17(32)5-4-6-29-7-9-35-10-8-29/h11H,4-10,12-13H2,1-3H3,(H2,25,27,28). The van der Waals surface area contributed by atoms with Gasteiger partial charge in [0.15, 0.2) is 11.0 Å². The Morgan fingerprint density at radius 2 is 2.00 bits per heavy atom. The number of hydrogen-bond acceptors (Lipinski definition) is 10. The van der Waals surface area contributed by atoms with E-state index in [1.807, 2.05) is 13.8 Å². The molecule has 11 nitrogen and oxygen atoms in total. The molecule has 4 heterocycles. The number of carbonyl (C=O) groups excluding carboxylic acids is 2. The minimum Gasteiger partial charge on any atom is -0.496 e. The highest BCUT2D eigenvalue weighted by Gasteiger charge is 2.37. The number of ether oxygens (including phenoxy) is 2. The number of methoxy groups -OCH3 is 1. The Balaban J connectivity index is 1.58. The maximum atomic E-state index is 13.2. The molecule has 2 aromatic heterocycles. The third-order valence-electron chi connectivity index (χ3n) is 6.25. The van der Waals surface area contributed by atoms with Gasteiger partial charge in [0.1, 0.15) is 11.4 Å². The molecule has 2 amide bonds. The third kappa shape index (κ3) is 5.31. The van der Waals surface area contributed by atoms with Crippen molar-refractivity contribution in [3.8, 4) is 5.75 Å². The number of aromatic nitrogens is 3. The van der Waals surface area contributed by atoms with E-state index in [0.717, 1.165) is 41.4 Å². The SMILES string of the molecule is COc1c(C)cnc(CN2CC(=O)N(C(=O)CCCN3CCOCC3)c3c(Cl)nc(N)nc32)c1C. The molecule has 0 bridgehead atoms. The van der Waals surface area contributed by atoms with Crippen molar-refractivity contribution in [2.24, 2.45) is 0 Å². The Hall–Kier alpha value is -3.02. The fraction of sp³-hybridized carbons (Fsp3) is 0.522. The molecule has 0 radical (unpaired) electrons. The number of hydrogen-bond donors (Lipinski definition) is 1. The highest BCUT2D eigenvalue weighted by atomic mass is 35.5. The van der Waals surface area contributed by atoms with Gasteiger partial charge in [-0.3, -0.25) is 19.5 Å². The van der Waals surface area contributed by atoms with Gasteiger partial charge >= 0.3 is 0 Å². The normalized spacial score (nSPS) is 16.4. The molecule has 0 aromatic carbocycles. The maximum Gasteiger partial charge on any atom is 0.253 e. The van der Waals surface area contributed by atoms with Gasteiger partial charge in [-0.15, -0.1) is 0 Å². The van der Waals surface area contributed by atoms with E-state index in [0.29, 0.717) is 31.1 Å². The number of halogens is 1. The molecule has 2 aliphatic heterocycles. The number of nitrogens with two attached hydrogens (primary N) is 1. The lowest BCUT2D eigenvalue weighted by atomic mass is 10.1. The van der Waals surface area contributed by atoms with Crippen LogP contribution in [0.4, 0.5) is 17.5 Å². The quantitative estimate of drug-likeness (QED) is 0.558. The first-order chi connectivity index (χ1) is 16.8. The predicted molar refractivity (Wildman–Crippen MR) is 132 cm³/mol. The number of nitrogen functional groups attached to an aromatic ring is 1. The predicted octanol–water partition coefficient (Wildman–Crippen LogP) is 1.72. The number of morpholine rings is 1. The first-order valence-electron chi connectivity index (χ1n) is 11.5. The molecule has 188 valence electrons. The van der Waals surface area contributed by atoms with Crippen LogP contribution >= 0.6 is 11.6 Å². The van der Waals surface area contributed by atoms with Crippen molar-refractivity contribution >= 4 is 40.9 Å². The Kier molecular flexibility index (Phi) is 7.68. The third-order valence-corrected chi connectivity index (χ3v) is 6.51. The molecule has 2 aromatic rings. The van der Waals surface area contributed by atoms with Crippen LogP contribution in [0, 0.1) is 13.8 Å². The van der Waals surface area contributed by atoms with Crippen LogP contribution in [-0.2, 0) is 20.9 Å². The monoisotopic (exact) mass is 503 g/mol. The van der Waals surface area contributed by atoms with Crippen LogP contribution in [-0.4, -0.2) is 78.2 Å². The highest BCUT2D eigenvalue weighted by Crippen LogP contribution is 2.39. The topological polar surface area (TPSA) is 127 Å². The number of pyridine rings is 1. The lowest BCUT2D eigenvalue weighted by Crippen LogP contribution is -2.49. The van der Waals surface area contributed by atoms with E-state index in [-0.39, 0.29) is 42.2 Å². The number of fused-ring (bicyclic) bond motifs is 1. The number of anilines is 3. The summed E-state index contributed by atoms with van der Waals surface area (Å²) in [6.45, 7) is 7.82. The molecular formula is C23H30ClN7O4. The van der Waals surface area contributed by atoms with Crippen molar-refractivity contribution in [1.29, 1.82) is 0 Å². The fourth-order valence-electron chi connectivity index (χ4n) is 4.47. The van der Waals surface area contributed by atoms with Crippen LogP contribution in [0.2, 0.25) is 5.15 Å². The maximum absolute atomic E-state index is 13.2. The van der Waals surface area contributed by atoms with Crippen LogP contribution < -0.4 is 20.3 Å². The molecule has 0 aliphatic carbocycles. The summed E-state index contributed by atoms with van der Waals surface area (Å²) < 4.78 is 10.9. The molecule has 0 atom stereocenters. The van der Waals surface area contributed by atoms with Gasteiger partial charge in [-0.25, -0.2) is 4.90 Å². The number of aryl methyl sites for hydroxylation is 1. The van der Waals surface area contributed by atoms with E-state index in [4.69, 9.17) is 26.8 Å². The van der Waals surface area contributed by atoms with Crippen LogP contribution in [0.1, 0.15) is 29.7 Å². The van der Waals surface area contributed by atoms with Gasteiger partial charge in [0.25, 0.3) is 5.91 Å². The Morgan fingerprint density at radius 1 is 1.26 bits per heavy atom. The van der Waals surface area contributed by atoms with Crippen molar-refractivity contribution in [1.82, 2.24) is 19.9 Å². The van der Waals surface area contributed by atoms with Gasteiger partial charge in [-0.05, 0) is 26.8 Å². The van der Waals surface area contributed by atoms with Gasteiger partial charge in [0, 0.05) is 36.8 Å². The molecule has 0 unspecified atom stereocenters. The second kappa shape index (κ2) is 10.7.